The second-order valence-electron chi connectivity index (χ2n) is 20.2. The lowest BCUT2D eigenvalue weighted by Gasteiger charge is -2.01. The van der Waals surface area contributed by atoms with Crippen LogP contribution in [0.4, 0.5) is 0 Å². The van der Waals surface area contributed by atoms with E-state index in [1.807, 2.05) is 39.8 Å². The minimum Gasteiger partial charge on any atom is -0.329 e. The largest absolute Gasteiger partial charge is 0.329 e. The van der Waals surface area contributed by atoms with Crippen LogP contribution in [0.3, 0.4) is 0 Å². The molecule has 0 fully saturated rings. The van der Waals surface area contributed by atoms with Crippen LogP contribution < -0.4 is 11.1 Å². The third kappa shape index (κ3) is 64.2. The number of hydrogen-bond acceptors (Lipinski definition) is 14. The molecule has 0 aliphatic heterocycles. The first kappa shape index (κ1) is 88.3. The standard InChI is InChI=1S/2C8H11NO.3C5H9N3.2C4H8N4.7C3H8/c2*1-6(2)7-3-4-9-8(10)5-7;3*1-4(2)5-6-3-7-8-5;2*1-3(2)4-5-7-8-6-4;7*1-3-2/h2*3-6H,1-2H3,(H,9,10);3*3-4H,1-2H3,(H,6,7,8);2*3H,1-2H3,(H,5,6,7,8);7*3H2,1-2H3. The van der Waals surface area contributed by atoms with Crippen LogP contribution in [0.5, 0.6) is 0 Å². The molecule has 0 atom stereocenters. The minimum atomic E-state index is -0.0220. The Labute approximate surface area is 491 Å². The average molecular weight is 1140 g/mol. The lowest BCUT2D eigenvalue weighted by molar-refractivity contribution is 0.778. The number of aromatic amines is 7. The van der Waals surface area contributed by atoms with Crippen molar-refractivity contribution < 1.29 is 0 Å². The van der Waals surface area contributed by atoms with Crippen molar-refractivity contribution in [2.75, 3.05) is 0 Å². The molecule has 0 radical (unpaired) electrons. The maximum Gasteiger partial charge on any atom is 0.248 e. The van der Waals surface area contributed by atoms with Crippen LogP contribution in [0.1, 0.15) is 320 Å². The summed E-state index contributed by atoms with van der Waals surface area (Å²) in [6.07, 6.45) is 16.7. The highest BCUT2D eigenvalue weighted by molar-refractivity contribution is 5.14. The highest BCUT2D eigenvalue weighted by Gasteiger charge is 2.03. The average Bonchev–Trinajstić information content (AvgIpc) is 4.27. The molecule has 0 aliphatic rings. The summed E-state index contributed by atoms with van der Waals surface area (Å²) in [5.41, 5.74) is 2.13. The highest BCUT2D eigenvalue weighted by Crippen LogP contribution is 2.11. The van der Waals surface area contributed by atoms with E-state index in [1.54, 1.807) is 24.5 Å². The number of nitrogens with zero attached hydrogens (tertiary/aromatic N) is 12. The van der Waals surface area contributed by atoms with Crippen molar-refractivity contribution in [1.82, 2.24) is 96.8 Å². The van der Waals surface area contributed by atoms with Gasteiger partial charge in [0.1, 0.15) is 36.5 Å². The van der Waals surface area contributed by atoms with Crippen LogP contribution in [0.15, 0.2) is 65.2 Å². The smallest absolute Gasteiger partial charge is 0.248 e. The first-order chi connectivity index (χ1) is 38.3. The van der Waals surface area contributed by atoms with Crippen molar-refractivity contribution in [3.63, 3.8) is 0 Å². The van der Waals surface area contributed by atoms with Crippen molar-refractivity contribution in [2.45, 2.75) is 280 Å². The number of aromatic nitrogens is 19. The summed E-state index contributed by atoms with van der Waals surface area (Å²) < 4.78 is 0. The minimum absolute atomic E-state index is 0.0220. The van der Waals surface area contributed by atoms with Gasteiger partial charge < -0.3 is 9.97 Å². The monoisotopic (exact) mass is 1140 g/mol. The molecular formula is C60H121N19O2. The Balaban J connectivity index is -0.000000149. The van der Waals surface area contributed by atoms with Gasteiger partial charge in [-0.05, 0) is 35.1 Å². The number of rotatable bonds is 7. The zero-order valence-corrected chi connectivity index (χ0v) is 56.4. The molecule has 0 saturated heterocycles. The van der Waals surface area contributed by atoms with E-state index in [9.17, 15) is 9.59 Å². The fourth-order valence-corrected chi connectivity index (χ4v) is 3.95. The van der Waals surface area contributed by atoms with Crippen LogP contribution in [-0.4, -0.2) is 96.8 Å². The Hall–Kier alpha value is -6.54. The summed E-state index contributed by atoms with van der Waals surface area (Å²) >= 11 is 0. The molecule has 7 rings (SSSR count). The molecule has 0 amide bonds. The van der Waals surface area contributed by atoms with E-state index in [0.717, 1.165) is 40.2 Å². The second kappa shape index (κ2) is 66.0. The van der Waals surface area contributed by atoms with Gasteiger partial charge in [0.2, 0.25) is 11.1 Å². The van der Waals surface area contributed by atoms with Crippen LogP contribution in [0, 0.1) is 0 Å². The Bertz CT molecular complexity index is 1930. The fourth-order valence-electron chi connectivity index (χ4n) is 3.95. The number of pyridine rings is 2. The van der Waals surface area contributed by atoms with E-state index >= 15 is 0 Å². The molecule has 21 nitrogen and oxygen atoms in total. The zero-order chi connectivity index (χ0) is 64.0. The molecule has 0 spiro atoms. The molecule has 0 aromatic carbocycles. The first-order valence-electron chi connectivity index (χ1n) is 29.7. The predicted molar refractivity (Wildman–Crippen MR) is 342 cm³/mol. The third-order valence-corrected chi connectivity index (χ3v) is 7.63. The molecule has 0 bridgehead atoms. The lowest BCUT2D eigenvalue weighted by atomic mass is 10.1. The summed E-state index contributed by atoms with van der Waals surface area (Å²) in [6.45, 7) is 58.5. The van der Waals surface area contributed by atoms with Gasteiger partial charge in [-0.25, -0.2) is 15.0 Å². The zero-order valence-electron chi connectivity index (χ0n) is 56.4. The second-order valence-corrected chi connectivity index (χ2v) is 20.2. The van der Waals surface area contributed by atoms with Crippen molar-refractivity contribution in [2.24, 2.45) is 0 Å². The number of H-pyrrole nitrogens is 7. The summed E-state index contributed by atoms with van der Waals surface area (Å²) in [5, 5.41) is 46.1. The molecule has 7 aromatic rings. The van der Waals surface area contributed by atoms with Gasteiger partial charge in [0.25, 0.3) is 0 Å². The van der Waals surface area contributed by atoms with Gasteiger partial charge in [0, 0.05) is 54.1 Å². The molecule has 468 valence electrons. The Morgan fingerprint density at radius 2 is 0.593 bits per heavy atom. The van der Waals surface area contributed by atoms with Crippen LogP contribution >= 0.6 is 0 Å². The van der Waals surface area contributed by atoms with Crippen molar-refractivity contribution in [1.29, 1.82) is 0 Å². The Morgan fingerprint density at radius 3 is 0.691 bits per heavy atom. The highest BCUT2D eigenvalue weighted by atomic mass is 16.1. The molecular weight excluding hydrogens is 1020 g/mol. The molecule has 7 N–H and O–H groups in total. The topological polar surface area (TPSA) is 299 Å². The summed E-state index contributed by atoms with van der Waals surface area (Å²) in [4.78, 5) is 38.5. The van der Waals surface area contributed by atoms with Crippen LogP contribution in [0.25, 0.3) is 0 Å². The van der Waals surface area contributed by atoms with Gasteiger partial charge >= 0.3 is 0 Å². The number of hydrogen-bond donors (Lipinski definition) is 7. The summed E-state index contributed by atoms with van der Waals surface area (Å²) in [5.74, 6) is 7.36. The van der Waals surface area contributed by atoms with Gasteiger partial charge in [-0.1, -0.05) is 249 Å². The van der Waals surface area contributed by atoms with Crippen molar-refractivity contribution >= 4 is 0 Å². The van der Waals surface area contributed by atoms with E-state index in [4.69, 9.17) is 0 Å². The van der Waals surface area contributed by atoms with Crippen LogP contribution in [-0.2, 0) is 0 Å². The van der Waals surface area contributed by atoms with E-state index in [-0.39, 0.29) is 11.1 Å². The Morgan fingerprint density at radius 1 is 0.358 bits per heavy atom. The first-order valence-corrected chi connectivity index (χ1v) is 29.7. The van der Waals surface area contributed by atoms with Crippen molar-refractivity contribution in [3.05, 3.63) is 117 Å². The molecule has 7 aromatic heterocycles. The maximum atomic E-state index is 10.7. The molecule has 21 heteroatoms. The summed E-state index contributed by atoms with van der Waals surface area (Å²) in [7, 11) is 0. The third-order valence-electron chi connectivity index (χ3n) is 7.63. The predicted octanol–water partition coefficient (Wildman–Crippen LogP) is 16.3. The van der Waals surface area contributed by atoms with E-state index < -0.39 is 0 Å². The fraction of sp³-hybridized carbons (Fsp3) is 0.700. The van der Waals surface area contributed by atoms with Crippen molar-refractivity contribution in [3.8, 4) is 0 Å². The number of tetrazole rings is 2. The van der Waals surface area contributed by atoms with Gasteiger partial charge in [0.15, 0.2) is 11.6 Å². The van der Waals surface area contributed by atoms with E-state index in [1.165, 1.54) is 63.9 Å². The SMILES string of the molecule is CC(C)c1cc[nH]c(=O)c1.CC(C)c1cc[nH]c(=O)c1.CC(C)c1ncn[nH]1.CC(C)c1ncn[nH]1.CC(C)c1ncn[nH]1.CC(C)c1nn[nH]n1.CC(C)c1nn[nH]n1.CCC.CCC.CCC.CCC.CCC.CCC.CCC. The number of nitrogens with one attached hydrogen (secondary N) is 7. The van der Waals surface area contributed by atoms with Crippen LogP contribution in [0.2, 0.25) is 0 Å². The van der Waals surface area contributed by atoms with Gasteiger partial charge in [0.05, 0.1) is 0 Å². The molecule has 7 heterocycles. The summed E-state index contributed by atoms with van der Waals surface area (Å²) in [6, 6.07) is 7.10. The lowest BCUT2D eigenvalue weighted by Crippen LogP contribution is -2.04. The van der Waals surface area contributed by atoms with Gasteiger partial charge in [-0.3, -0.25) is 24.9 Å². The van der Waals surface area contributed by atoms with Gasteiger partial charge in [-0.15, -0.1) is 20.4 Å². The Kier molecular flexibility index (Phi) is 71.9. The maximum absolute atomic E-state index is 10.7. The quantitative estimate of drug-likeness (QED) is 0.0781. The van der Waals surface area contributed by atoms with Gasteiger partial charge in [-0.2, -0.15) is 25.7 Å². The molecule has 0 saturated carbocycles. The van der Waals surface area contributed by atoms with E-state index in [0.29, 0.717) is 41.4 Å². The molecule has 0 aliphatic carbocycles. The molecule has 81 heavy (non-hydrogen) atoms. The molecule has 0 unspecified atom stereocenters. The normalized spacial score (nSPS) is 9.22. The van der Waals surface area contributed by atoms with E-state index in [2.05, 4.69) is 263 Å².